The lowest BCUT2D eigenvalue weighted by atomic mass is 10.2. The Labute approximate surface area is 156 Å². The van der Waals surface area contributed by atoms with Crippen LogP contribution < -0.4 is 9.80 Å². The summed E-state index contributed by atoms with van der Waals surface area (Å²) < 4.78 is 1.81. The van der Waals surface area contributed by atoms with Gasteiger partial charge in [0.1, 0.15) is 18.0 Å². The van der Waals surface area contributed by atoms with Crippen LogP contribution in [0.4, 0.5) is 11.5 Å². The Hall–Kier alpha value is -3.29. The summed E-state index contributed by atoms with van der Waals surface area (Å²) in [6.07, 6.45) is 5.31. The number of benzene rings is 1. The number of anilines is 2. The van der Waals surface area contributed by atoms with Gasteiger partial charge in [-0.05, 0) is 25.1 Å². The summed E-state index contributed by atoms with van der Waals surface area (Å²) >= 11 is 0. The molecule has 8 heteroatoms. The number of rotatable bonds is 2. The number of aryl methyl sites for hydroxylation is 2. The molecule has 0 N–H and O–H groups in total. The highest BCUT2D eigenvalue weighted by atomic mass is 15.3. The SMILES string of the molecule is Cc1nc(N2CCN(c3ccc4ncncc4c3)CC2)c2cnn(C)c2n1. The maximum atomic E-state index is 4.70. The van der Waals surface area contributed by atoms with Gasteiger partial charge in [-0.1, -0.05) is 0 Å². The molecule has 0 amide bonds. The van der Waals surface area contributed by atoms with Crippen molar-refractivity contribution in [2.75, 3.05) is 36.0 Å². The molecule has 0 spiro atoms. The zero-order chi connectivity index (χ0) is 18.4. The fourth-order valence-corrected chi connectivity index (χ4v) is 3.70. The van der Waals surface area contributed by atoms with E-state index in [4.69, 9.17) is 4.98 Å². The van der Waals surface area contributed by atoms with Crippen LogP contribution in [0.1, 0.15) is 5.82 Å². The van der Waals surface area contributed by atoms with Crippen LogP contribution in [0, 0.1) is 6.92 Å². The van der Waals surface area contributed by atoms with Crippen molar-refractivity contribution >= 4 is 33.4 Å². The van der Waals surface area contributed by atoms with Crippen molar-refractivity contribution in [2.45, 2.75) is 6.92 Å². The molecule has 136 valence electrons. The zero-order valence-corrected chi connectivity index (χ0v) is 15.4. The standard InChI is InChI=1S/C19H20N8/c1-13-23-18-16(11-22-25(18)2)19(24-13)27-7-5-26(6-8-27)15-3-4-17-14(9-15)10-20-12-21-17/h3-4,9-12H,5-8H2,1-2H3. The van der Waals surface area contributed by atoms with Gasteiger partial charge in [0.05, 0.1) is 17.1 Å². The Kier molecular flexibility index (Phi) is 3.63. The number of hydrogen-bond acceptors (Lipinski definition) is 7. The Morgan fingerprint density at radius 1 is 0.963 bits per heavy atom. The molecule has 0 aliphatic carbocycles. The van der Waals surface area contributed by atoms with Gasteiger partial charge in [0.2, 0.25) is 0 Å². The molecule has 1 saturated heterocycles. The predicted octanol–water partition coefficient (Wildman–Crippen LogP) is 1.94. The van der Waals surface area contributed by atoms with Gasteiger partial charge in [-0.15, -0.1) is 0 Å². The minimum Gasteiger partial charge on any atom is -0.368 e. The molecular weight excluding hydrogens is 340 g/mol. The third kappa shape index (κ3) is 2.73. The van der Waals surface area contributed by atoms with E-state index in [1.165, 1.54) is 5.69 Å². The number of fused-ring (bicyclic) bond motifs is 2. The van der Waals surface area contributed by atoms with E-state index in [1.54, 1.807) is 11.0 Å². The summed E-state index contributed by atoms with van der Waals surface area (Å²) in [5.41, 5.74) is 3.07. The fraction of sp³-hybridized carbons (Fsp3) is 0.316. The molecule has 1 fully saturated rings. The van der Waals surface area contributed by atoms with Crippen molar-refractivity contribution in [1.82, 2.24) is 29.7 Å². The van der Waals surface area contributed by atoms with Gasteiger partial charge in [0.15, 0.2) is 5.65 Å². The third-order valence-corrected chi connectivity index (χ3v) is 5.12. The average molecular weight is 360 g/mol. The smallest absolute Gasteiger partial charge is 0.163 e. The maximum absolute atomic E-state index is 4.70. The second-order valence-electron chi connectivity index (χ2n) is 6.84. The molecule has 5 rings (SSSR count). The maximum Gasteiger partial charge on any atom is 0.163 e. The second kappa shape index (κ2) is 6.15. The lowest BCUT2D eigenvalue weighted by molar-refractivity contribution is 0.648. The van der Waals surface area contributed by atoms with Gasteiger partial charge in [-0.25, -0.2) is 19.9 Å². The number of nitrogens with zero attached hydrogens (tertiary/aromatic N) is 8. The van der Waals surface area contributed by atoms with Crippen LogP contribution >= 0.6 is 0 Å². The van der Waals surface area contributed by atoms with E-state index >= 15 is 0 Å². The first-order valence-electron chi connectivity index (χ1n) is 9.05. The Morgan fingerprint density at radius 3 is 2.63 bits per heavy atom. The molecule has 0 saturated carbocycles. The van der Waals surface area contributed by atoms with E-state index in [-0.39, 0.29) is 0 Å². The lowest BCUT2D eigenvalue weighted by Crippen LogP contribution is -2.47. The molecule has 0 unspecified atom stereocenters. The summed E-state index contributed by atoms with van der Waals surface area (Å²) in [7, 11) is 1.92. The van der Waals surface area contributed by atoms with Crippen LogP contribution in [-0.4, -0.2) is 55.9 Å². The highest BCUT2D eigenvalue weighted by Gasteiger charge is 2.22. The van der Waals surface area contributed by atoms with Crippen LogP contribution in [0.2, 0.25) is 0 Å². The summed E-state index contributed by atoms with van der Waals surface area (Å²) in [4.78, 5) is 22.4. The molecule has 1 aliphatic heterocycles. The van der Waals surface area contributed by atoms with Crippen molar-refractivity contribution < 1.29 is 0 Å². The molecule has 1 aliphatic rings. The topological polar surface area (TPSA) is 75.9 Å². The minimum atomic E-state index is 0.776. The van der Waals surface area contributed by atoms with E-state index in [0.29, 0.717) is 0 Å². The van der Waals surface area contributed by atoms with E-state index in [2.05, 4.69) is 48.0 Å². The van der Waals surface area contributed by atoms with Gasteiger partial charge in [0, 0.05) is 50.5 Å². The van der Waals surface area contributed by atoms with Gasteiger partial charge in [-0.3, -0.25) is 4.68 Å². The van der Waals surface area contributed by atoms with Crippen molar-refractivity contribution in [3.63, 3.8) is 0 Å². The molecule has 1 aromatic carbocycles. The molecule has 4 aromatic rings. The highest BCUT2D eigenvalue weighted by molar-refractivity contribution is 5.87. The first-order valence-corrected chi connectivity index (χ1v) is 9.05. The van der Waals surface area contributed by atoms with Crippen molar-refractivity contribution in [3.05, 3.63) is 42.7 Å². The molecule has 0 bridgehead atoms. The van der Waals surface area contributed by atoms with Gasteiger partial charge < -0.3 is 9.80 Å². The molecule has 0 radical (unpaired) electrons. The second-order valence-corrected chi connectivity index (χ2v) is 6.84. The summed E-state index contributed by atoms with van der Waals surface area (Å²) in [6, 6.07) is 6.37. The van der Waals surface area contributed by atoms with Crippen molar-refractivity contribution in [1.29, 1.82) is 0 Å². The summed E-state index contributed by atoms with van der Waals surface area (Å²) in [5.74, 6) is 1.76. The van der Waals surface area contributed by atoms with Crippen molar-refractivity contribution in [3.8, 4) is 0 Å². The van der Waals surface area contributed by atoms with Crippen LogP contribution in [0.3, 0.4) is 0 Å². The summed E-state index contributed by atoms with van der Waals surface area (Å²) in [6.45, 7) is 5.62. The molecule has 8 nitrogen and oxygen atoms in total. The highest BCUT2D eigenvalue weighted by Crippen LogP contribution is 2.26. The van der Waals surface area contributed by atoms with E-state index < -0.39 is 0 Å². The zero-order valence-electron chi connectivity index (χ0n) is 15.4. The molecule has 4 heterocycles. The molecule has 0 atom stereocenters. The van der Waals surface area contributed by atoms with Gasteiger partial charge >= 0.3 is 0 Å². The Balaban J connectivity index is 1.40. The quantitative estimate of drug-likeness (QED) is 0.541. The normalized spacial score (nSPS) is 15.0. The predicted molar refractivity (Wildman–Crippen MR) is 105 cm³/mol. The monoisotopic (exact) mass is 360 g/mol. The first kappa shape index (κ1) is 15.9. The lowest BCUT2D eigenvalue weighted by Gasteiger charge is -2.37. The molecular formula is C19H20N8. The van der Waals surface area contributed by atoms with E-state index in [9.17, 15) is 0 Å². The van der Waals surface area contributed by atoms with Crippen LogP contribution in [0.25, 0.3) is 21.9 Å². The van der Waals surface area contributed by atoms with Crippen LogP contribution in [0.5, 0.6) is 0 Å². The first-order chi connectivity index (χ1) is 13.2. The van der Waals surface area contributed by atoms with E-state index in [1.807, 2.05) is 26.4 Å². The third-order valence-electron chi connectivity index (χ3n) is 5.12. The van der Waals surface area contributed by atoms with Gasteiger partial charge in [0.25, 0.3) is 0 Å². The fourth-order valence-electron chi connectivity index (χ4n) is 3.70. The van der Waals surface area contributed by atoms with Crippen molar-refractivity contribution in [2.24, 2.45) is 7.05 Å². The summed E-state index contributed by atoms with van der Waals surface area (Å²) in [5, 5.41) is 6.43. The molecule has 27 heavy (non-hydrogen) atoms. The average Bonchev–Trinajstić information content (AvgIpc) is 3.08. The van der Waals surface area contributed by atoms with Crippen LogP contribution in [-0.2, 0) is 7.05 Å². The number of piperazine rings is 1. The number of aromatic nitrogens is 6. The van der Waals surface area contributed by atoms with Gasteiger partial charge in [-0.2, -0.15) is 5.10 Å². The minimum absolute atomic E-state index is 0.776. The Morgan fingerprint density at radius 2 is 1.78 bits per heavy atom. The van der Waals surface area contributed by atoms with E-state index in [0.717, 1.165) is 59.8 Å². The Bertz CT molecular complexity index is 1130. The van der Waals surface area contributed by atoms with Crippen LogP contribution in [0.15, 0.2) is 36.9 Å². The molecule has 3 aromatic heterocycles. The number of hydrogen-bond donors (Lipinski definition) is 0. The largest absolute Gasteiger partial charge is 0.368 e.